The summed E-state index contributed by atoms with van der Waals surface area (Å²) < 4.78 is 11.3. The summed E-state index contributed by atoms with van der Waals surface area (Å²) in [6.45, 7) is 1.24. The van der Waals surface area contributed by atoms with Crippen molar-refractivity contribution in [3.63, 3.8) is 0 Å². The predicted molar refractivity (Wildman–Crippen MR) is 72.5 cm³/mol. The maximum atomic E-state index is 11.5. The van der Waals surface area contributed by atoms with Crippen molar-refractivity contribution in [1.29, 1.82) is 0 Å². The lowest BCUT2D eigenvalue weighted by atomic mass is 9.81. The van der Waals surface area contributed by atoms with Gasteiger partial charge in [0.25, 0.3) is 5.91 Å². The molecule has 1 saturated heterocycles. The molecule has 2 aliphatic rings. The molecule has 110 valence electrons. The number of nitrogens with one attached hydrogen (secondary N) is 1. The zero-order chi connectivity index (χ0) is 14.2. The molecule has 2 fully saturated rings. The third-order valence-corrected chi connectivity index (χ3v) is 5.05. The first-order chi connectivity index (χ1) is 9.57. The molecule has 7 heteroatoms. The summed E-state index contributed by atoms with van der Waals surface area (Å²) in [5.41, 5.74) is -0.619. The highest BCUT2D eigenvalue weighted by atomic mass is 32.1. The van der Waals surface area contributed by atoms with Crippen molar-refractivity contribution >= 4 is 17.2 Å². The average Bonchev–Trinajstić information content (AvgIpc) is 3.12. The Hall–Kier alpha value is -1.02. The zero-order valence-electron chi connectivity index (χ0n) is 11.3. The van der Waals surface area contributed by atoms with E-state index in [1.54, 1.807) is 12.4 Å². The van der Waals surface area contributed by atoms with Crippen LogP contribution in [0.2, 0.25) is 0 Å². The van der Waals surface area contributed by atoms with Crippen LogP contribution in [0.15, 0.2) is 5.38 Å². The molecule has 0 aromatic carbocycles. The number of amides is 1. The van der Waals surface area contributed by atoms with Gasteiger partial charge >= 0.3 is 0 Å². The summed E-state index contributed by atoms with van der Waals surface area (Å²) in [5, 5.41) is 15.6. The summed E-state index contributed by atoms with van der Waals surface area (Å²) >= 11 is 1.33. The van der Waals surface area contributed by atoms with Crippen LogP contribution in [0.25, 0.3) is 0 Å². The third-order valence-electron chi connectivity index (χ3n) is 4.01. The first kappa shape index (κ1) is 13.9. The van der Waals surface area contributed by atoms with Crippen LogP contribution in [-0.2, 0) is 15.1 Å². The van der Waals surface area contributed by atoms with Crippen LogP contribution in [0.1, 0.15) is 41.2 Å². The second kappa shape index (κ2) is 5.07. The SMILES string of the molecule is CNC(=O)c1csc(C2(O)CCC3(CC2)OCCO3)n1. The topological polar surface area (TPSA) is 80.7 Å². The molecule has 2 N–H and O–H groups in total. The number of hydrogen-bond donors (Lipinski definition) is 2. The Balaban J connectivity index is 1.73. The largest absolute Gasteiger partial charge is 0.383 e. The first-order valence-electron chi connectivity index (χ1n) is 6.75. The Bertz CT molecular complexity index is 500. The molecule has 1 aromatic heterocycles. The van der Waals surface area contributed by atoms with E-state index in [1.165, 1.54) is 11.3 Å². The molecule has 1 saturated carbocycles. The normalized spacial score (nSPS) is 23.9. The van der Waals surface area contributed by atoms with Crippen LogP contribution in [0, 0.1) is 0 Å². The molecule has 3 rings (SSSR count). The standard InChI is InChI=1S/C13H18N2O4S/c1-14-10(16)9-8-20-11(15-9)12(17)2-4-13(5-3-12)18-6-7-19-13/h8,17H,2-7H2,1H3,(H,14,16). The van der Waals surface area contributed by atoms with Crippen molar-refractivity contribution in [2.75, 3.05) is 20.3 Å². The Morgan fingerprint density at radius 3 is 2.60 bits per heavy atom. The highest BCUT2D eigenvalue weighted by Gasteiger charge is 2.47. The highest BCUT2D eigenvalue weighted by molar-refractivity contribution is 7.10. The fourth-order valence-electron chi connectivity index (χ4n) is 2.76. The highest BCUT2D eigenvalue weighted by Crippen LogP contribution is 2.45. The molecule has 1 aromatic rings. The molecule has 1 aliphatic heterocycles. The number of nitrogens with zero attached hydrogens (tertiary/aromatic N) is 1. The predicted octanol–water partition coefficient (Wildman–Crippen LogP) is 1.01. The van der Waals surface area contributed by atoms with Crippen molar-refractivity contribution in [3.05, 3.63) is 16.1 Å². The molecule has 2 heterocycles. The molecular weight excluding hydrogens is 280 g/mol. The van der Waals surface area contributed by atoms with Crippen LogP contribution in [0.5, 0.6) is 0 Å². The lowest BCUT2D eigenvalue weighted by Gasteiger charge is -2.39. The summed E-state index contributed by atoms with van der Waals surface area (Å²) in [7, 11) is 1.56. The van der Waals surface area contributed by atoms with Gasteiger partial charge in [-0.1, -0.05) is 0 Å². The van der Waals surface area contributed by atoms with Crippen molar-refractivity contribution in [2.45, 2.75) is 37.1 Å². The van der Waals surface area contributed by atoms with E-state index in [1.807, 2.05) is 0 Å². The van der Waals surface area contributed by atoms with Gasteiger partial charge in [0, 0.05) is 25.3 Å². The Labute approximate surface area is 121 Å². The lowest BCUT2D eigenvalue weighted by molar-refractivity contribution is -0.204. The molecule has 0 unspecified atom stereocenters. The smallest absolute Gasteiger partial charge is 0.270 e. The van der Waals surface area contributed by atoms with Crippen LogP contribution >= 0.6 is 11.3 Å². The van der Waals surface area contributed by atoms with E-state index >= 15 is 0 Å². The minimum Gasteiger partial charge on any atom is -0.383 e. The Morgan fingerprint density at radius 1 is 1.35 bits per heavy atom. The van der Waals surface area contributed by atoms with E-state index in [-0.39, 0.29) is 5.91 Å². The van der Waals surface area contributed by atoms with Crippen molar-refractivity contribution in [3.8, 4) is 0 Å². The molecule has 1 spiro atoms. The Kier molecular flexibility index (Phi) is 3.53. The van der Waals surface area contributed by atoms with Crippen LogP contribution < -0.4 is 5.32 Å². The minimum absolute atomic E-state index is 0.231. The Morgan fingerprint density at radius 2 is 2.00 bits per heavy atom. The van der Waals surface area contributed by atoms with E-state index in [4.69, 9.17) is 9.47 Å². The monoisotopic (exact) mass is 298 g/mol. The third kappa shape index (κ3) is 2.35. The molecule has 20 heavy (non-hydrogen) atoms. The van der Waals surface area contributed by atoms with Gasteiger partial charge in [0.1, 0.15) is 16.3 Å². The minimum atomic E-state index is -0.975. The molecular formula is C13H18N2O4S. The van der Waals surface area contributed by atoms with Gasteiger partial charge in [0.2, 0.25) is 0 Å². The molecule has 0 atom stereocenters. The van der Waals surface area contributed by atoms with E-state index in [2.05, 4.69) is 10.3 Å². The number of aromatic nitrogens is 1. The van der Waals surface area contributed by atoms with Crippen LogP contribution in [-0.4, -0.2) is 42.0 Å². The van der Waals surface area contributed by atoms with Crippen molar-refractivity contribution < 1.29 is 19.4 Å². The van der Waals surface area contributed by atoms with Crippen molar-refractivity contribution in [2.24, 2.45) is 0 Å². The van der Waals surface area contributed by atoms with Gasteiger partial charge in [-0.3, -0.25) is 4.79 Å². The maximum Gasteiger partial charge on any atom is 0.270 e. The zero-order valence-corrected chi connectivity index (χ0v) is 12.2. The van der Waals surface area contributed by atoms with Crippen LogP contribution in [0.3, 0.4) is 0 Å². The number of carbonyl (C=O) groups is 1. The molecule has 6 nitrogen and oxygen atoms in total. The van der Waals surface area contributed by atoms with Gasteiger partial charge in [-0.15, -0.1) is 11.3 Å². The second-order valence-corrected chi connectivity index (χ2v) is 6.11. The van der Waals surface area contributed by atoms with Crippen molar-refractivity contribution in [1.82, 2.24) is 10.3 Å². The van der Waals surface area contributed by atoms with E-state index < -0.39 is 11.4 Å². The number of rotatable bonds is 2. The fraction of sp³-hybridized carbons (Fsp3) is 0.692. The fourth-order valence-corrected chi connectivity index (χ4v) is 3.72. The maximum absolute atomic E-state index is 11.5. The number of ether oxygens (including phenoxy) is 2. The summed E-state index contributed by atoms with van der Waals surface area (Å²) in [5.74, 6) is -0.738. The first-order valence-corrected chi connectivity index (χ1v) is 7.63. The van der Waals surface area contributed by atoms with E-state index in [0.29, 0.717) is 49.6 Å². The van der Waals surface area contributed by atoms with Gasteiger partial charge in [-0.25, -0.2) is 4.98 Å². The van der Waals surface area contributed by atoms with Gasteiger partial charge in [-0.05, 0) is 12.8 Å². The summed E-state index contributed by atoms with van der Waals surface area (Å²) in [6, 6.07) is 0. The molecule has 1 aliphatic carbocycles. The molecule has 0 radical (unpaired) electrons. The van der Waals surface area contributed by atoms with Gasteiger partial charge < -0.3 is 19.9 Å². The number of aliphatic hydroxyl groups is 1. The quantitative estimate of drug-likeness (QED) is 0.851. The second-order valence-electron chi connectivity index (χ2n) is 5.26. The van der Waals surface area contributed by atoms with E-state index in [9.17, 15) is 9.90 Å². The van der Waals surface area contributed by atoms with Gasteiger partial charge in [0.05, 0.1) is 13.2 Å². The molecule has 0 bridgehead atoms. The average molecular weight is 298 g/mol. The van der Waals surface area contributed by atoms with E-state index in [0.717, 1.165) is 0 Å². The van der Waals surface area contributed by atoms with Gasteiger partial charge in [-0.2, -0.15) is 0 Å². The lowest BCUT2D eigenvalue weighted by Crippen LogP contribution is -2.42. The molecule has 1 amide bonds. The number of thiazole rings is 1. The number of hydrogen-bond acceptors (Lipinski definition) is 6. The van der Waals surface area contributed by atoms with Gasteiger partial charge in [0.15, 0.2) is 5.79 Å². The summed E-state index contributed by atoms with van der Waals surface area (Å²) in [4.78, 5) is 15.8. The van der Waals surface area contributed by atoms with Crippen LogP contribution in [0.4, 0.5) is 0 Å². The number of carbonyl (C=O) groups excluding carboxylic acids is 1. The summed E-state index contributed by atoms with van der Waals surface area (Å²) in [6.07, 6.45) is 2.37.